The van der Waals surface area contributed by atoms with Gasteiger partial charge in [-0.1, -0.05) is 47.0 Å². The van der Waals surface area contributed by atoms with Gasteiger partial charge in [-0.25, -0.2) is 0 Å². The number of nitrogens with two attached hydrogens (primary N) is 1. The van der Waals surface area contributed by atoms with Crippen molar-refractivity contribution in [2.75, 3.05) is 0 Å². The van der Waals surface area contributed by atoms with Crippen molar-refractivity contribution in [3.05, 3.63) is 0 Å². The molecule has 3 atom stereocenters. The first-order chi connectivity index (χ1) is 7.02. The molecule has 0 fully saturated rings. The first-order valence-corrected chi connectivity index (χ1v) is 6.54. The predicted octanol–water partition coefficient (Wildman–Crippen LogP) is 2.92. The van der Waals surface area contributed by atoms with Crippen LogP contribution < -0.4 is 11.1 Å². The van der Waals surface area contributed by atoms with Gasteiger partial charge in [-0.3, -0.25) is 0 Å². The van der Waals surface area contributed by atoms with E-state index in [1.807, 2.05) is 0 Å². The minimum Gasteiger partial charge on any atom is -0.327 e. The van der Waals surface area contributed by atoms with E-state index in [-0.39, 0.29) is 6.04 Å². The maximum Gasteiger partial charge on any atom is 0.0246 e. The Bertz CT molecular complexity index is 143. The third kappa shape index (κ3) is 6.16. The lowest BCUT2D eigenvalue weighted by Crippen LogP contribution is -2.50. The molecule has 0 aromatic carbocycles. The lowest BCUT2D eigenvalue weighted by Gasteiger charge is -2.32. The summed E-state index contributed by atoms with van der Waals surface area (Å²) < 4.78 is 0. The fourth-order valence-corrected chi connectivity index (χ4v) is 2.21. The second-order valence-corrected chi connectivity index (χ2v) is 5.02. The molecule has 0 saturated heterocycles. The SMILES string of the molecule is CCCCC(CC)C(NC(C)C)C(C)N. The molecule has 0 heterocycles. The van der Waals surface area contributed by atoms with Crippen LogP contribution in [0.15, 0.2) is 0 Å². The van der Waals surface area contributed by atoms with Gasteiger partial charge in [0.15, 0.2) is 0 Å². The number of unbranched alkanes of at least 4 members (excludes halogenated alkanes) is 1. The van der Waals surface area contributed by atoms with Crippen molar-refractivity contribution in [3.8, 4) is 0 Å². The van der Waals surface area contributed by atoms with Gasteiger partial charge in [0, 0.05) is 18.1 Å². The number of hydrogen-bond acceptors (Lipinski definition) is 2. The Labute approximate surface area is 96.0 Å². The molecule has 15 heavy (non-hydrogen) atoms. The van der Waals surface area contributed by atoms with Crippen molar-refractivity contribution >= 4 is 0 Å². The highest BCUT2D eigenvalue weighted by Crippen LogP contribution is 2.19. The molecule has 0 aliphatic heterocycles. The summed E-state index contributed by atoms with van der Waals surface area (Å²) in [5, 5.41) is 3.61. The summed E-state index contributed by atoms with van der Waals surface area (Å²) in [6, 6.07) is 1.24. The van der Waals surface area contributed by atoms with Crippen LogP contribution in [0.3, 0.4) is 0 Å². The van der Waals surface area contributed by atoms with Gasteiger partial charge in [-0.2, -0.15) is 0 Å². The van der Waals surface area contributed by atoms with Crippen LogP contribution in [0.25, 0.3) is 0 Å². The van der Waals surface area contributed by atoms with Gasteiger partial charge in [0.05, 0.1) is 0 Å². The molecular formula is C13H30N2. The molecular weight excluding hydrogens is 184 g/mol. The molecule has 0 amide bonds. The Morgan fingerprint density at radius 2 is 1.73 bits per heavy atom. The van der Waals surface area contributed by atoms with E-state index in [0.29, 0.717) is 12.1 Å². The lowest BCUT2D eigenvalue weighted by molar-refractivity contribution is 0.271. The van der Waals surface area contributed by atoms with E-state index in [2.05, 4.69) is 39.9 Å². The van der Waals surface area contributed by atoms with E-state index in [9.17, 15) is 0 Å². The fourth-order valence-electron chi connectivity index (χ4n) is 2.21. The maximum absolute atomic E-state index is 6.07. The largest absolute Gasteiger partial charge is 0.327 e. The van der Waals surface area contributed by atoms with Crippen LogP contribution >= 0.6 is 0 Å². The van der Waals surface area contributed by atoms with Crippen LogP contribution in [-0.4, -0.2) is 18.1 Å². The predicted molar refractivity (Wildman–Crippen MR) is 69.0 cm³/mol. The average Bonchev–Trinajstić information content (AvgIpc) is 2.16. The van der Waals surface area contributed by atoms with Crippen LogP contribution in [0.5, 0.6) is 0 Å². The van der Waals surface area contributed by atoms with E-state index in [4.69, 9.17) is 5.73 Å². The van der Waals surface area contributed by atoms with Crippen LogP contribution in [0, 0.1) is 5.92 Å². The Hall–Kier alpha value is -0.0800. The fraction of sp³-hybridized carbons (Fsp3) is 1.00. The highest BCUT2D eigenvalue weighted by molar-refractivity contribution is 4.83. The van der Waals surface area contributed by atoms with E-state index >= 15 is 0 Å². The Balaban J connectivity index is 4.27. The zero-order chi connectivity index (χ0) is 11.8. The average molecular weight is 214 g/mol. The van der Waals surface area contributed by atoms with Gasteiger partial charge in [-0.15, -0.1) is 0 Å². The lowest BCUT2D eigenvalue weighted by atomic mass is 9.87. The normalized spacial score (nSPS) is 17.8. The molecule has 3 unspecified atom stereocenters. The molecule has 0 radical (unpaired) electrons. The van der Waals surface area contributed by atoms with Crippen LogP contribution in [-0.2, 0) is 0 Å². The second-order valence-electron chi connectivity index (χ2n) is 5.02. The van der Waals surface area contributed by atoms with E-state index < -0.39 is 0 Å². The molecule has 0 aliphatic rings. The van der Waals surface area contributed by atoms with Gasteiger partial charge in [-0.05, 0) is 19.3 Å². The van der Waals surface area contributed by atoms with Crippen LogP contribution in [0.4, 0.5) is 0 Å². The number of hydrogen-bond donors (Lipinski definition) is 2. The Kier molecular flexibility index (Phi) is 8.07. The molecule has 3 N–H and O–H groups in total. The third-order valence-corrected chi connectivity index (χ3v) is 3.05. The van der Waals surface area contributed by atoms with Crippen molar-refractivity contribution in [2.24, 2.45) is 11.7 Å². The molecule has 2 nitrogen and oxygen atoms in total. The topological polar surface area (TPSA) is 38.0 Å². The van der Waals surface area contributed by atoms with E-state index in [0.717, 1.165) is 5.92 Å². The Morgan fingerprint density at radius 1 is 1.13 bits per heavy atom. The summed E-state index contributed by atoms with van der Waals surface area (Å²) in [4.78, 5) is 0. The summed E-state index contributed by atoms with van der Waals surface area (Å²) in [6.07, 6.45) is 5.14. The minimum atomic E-state index is 0.245. The molecule has 2 heteroatoms. The van der Waals surface area contributed by atoms with Gasteiger partial charge >= 0.3 is 0 Å². The molecule has 0 saturated carbocycles. The summed E-state index contributed by atoms with van der Waals surface area (Å²) >= 11 is 0. The molecule has 92 valence electrons. The molecule has 0 rings (SSSR count). The molecule has 0 aromatic rings. The summed E-state index contributed by atoms with van der Waals surface area (Å²) in [6.45, 7) is 11.0. The van der Waals surface area contributed by atoms with Crippen LogP contribution in [0.1, 0.15) is 60.3 Å². The second kappa shape index (κ2) is 8.12. The summed E-state index contributed by atoms with van der Waals surface area (Å²) in [5.74, 6) is 0.729. The van der Waals surface area contributed by atoms with Crippen molar-refractivity contribution in [3.63, 3.8) is 0 Å². The summed E-state index contributed by atoms with van der Waals surface area (Å²) in [7, 11) is 0. The molecule has 0 bridgehead atoms. The minimum absolute atomic E-state index is 0.245. The van der Waals surface area contributed by atoms with Gasteiger partial charge < -0.3 is 11.1 Å². The highest BCUT2D eigenvalue weighted by atomic mass is 15.0. The van der Waals surface area contributed by atoms with E-state index in [1.54, 1.807) is 0 Å². The van der Waals surface area contributed by atoms with Crippen molar-refractivity contribution in [1.82, 2.24) is 5.32 Å². The van der Waals surface area contributed by atoms with Gasteiger partial charge in [0.25, 0.3) is 0 Å². The highest BCUT2D eigenvalue weighted by Gasteiger charge is 2.23. The zero-order valence-electron chi connectivity index (χ0n) is 11.2. The van der Waals surface area contributed by atoms with Crippen molar-refractivity contribution in [1.29, 1.82) is 0 Å². The zero-order valence-corrected chi connectivity index (χ0v) is 11.2. The number of nitrogens with one attached hydrogen (secondary N) is 1. The Morgan fingerprint density at radius 3 is 2.07 bits per heavy atom. The molecule has 0 aromatic heterocycles. The monoisotopic (exact) mass is 214 g/mol. The quantitative estimate of drug-likeness (QED) is 0.652. The summed E-state index contributed by atoms with van der Waals surface area (Å²) in [5.41, 5.74) is 6.07. The molecule has 0 aliphatic carbocycles. The van der Waals surface area contributed by atoms with Gasteiger partial charge in [0.1, 0.15) is 0 Å². The van der Waals surface area contributed by atoms with Crippen molar-refractivity contribution in [2.45, 2.75) is 78.4 Å². The smallest absolute Gasteiger partial charge is 0.0246 e. The number of rotatable bonds is 8. The third-order valence-electron chi connectivity index (χ3n) is 3.05. The first-order valence-electron chi connectivity index (χ1n) is 6.54. The first kappa shape index (κ1) is 14.9. The standard InChI is InChI=1S/C13H30N2/c1-6-8-9-12(7-2)13(11(5)14)15-10(3)4/h10-13,15H,6-9,14H2,1-5H3. The maximum atomic E-state index is 6.07. The van der Waals surface area contributed by atoms with Gasteiger partial charge in [0.2, 0.25) is 0 Å². The van der Waals surface area contributed by atoms with Crippen LogP contribution in [0.2, 0.25) is 0 Å². The van der Waals surface area contributed by atoms with Crippen molar-refractivity contribution < 1.29 is 0 Å². The van der Waals surface area contributed by atoms with E-state index in [1.165, 1.54) is 25.7 Å². The molecule has 0 spiro atoms.